The SMILES string of the molecule is CN(C)c1ccc(/C=C/CCC/C=C/c2ccc3cc[nH]c3c2)cc1. The lowest BCUT2D eigenvalue weighted by molar-refractivity contribution is 0.873. The fourth-order valence-electron chi connectivity index (χ4n) is 2.85. The summed E-state index contributed by atoms with van der Waals surface area (Å²) in [5.74, 6) is 0. The highest BCUT2D eigenvalue weighted by molar-refractivity contribution is 5.81. The van der Waals surface area contributed by atoms with Crippen molar-refractivity contribution in [1.82, 2.24) is 4.98 Å². The van der Waals surface area contributed by atoms with Crippen LogP contribution in [0.2, 0.25) is 0 Å². The van der Waals surface area contributed by atoms with Crippen LogP contribution in [-0.2, 0) is 0 Å². The Morgan fingerprint density at radius 1 is 0.840 bits per heavy atom. The van der Waals surface area contributed by atoms with Crippen LogP contribution in [0.1, 0.15) is 30.4 Å². The molecule has 1 aromatic heterocycles. The van der Waals surface area contributed by atoms with Gasteiger partial charge in [0.05, 0.1) is 0 Å². The van der Waals surface area contributed by atoms with E-state index in [-0.39, 0.29) is 0 Å². The van der Waals surface area contributed by atoms with Gasteiger partial charge in [0.25, 0.3) is 0 Å². The third-order valence-corrected chi connectivity index (χ3v) is 4.35. The summed E-state index contributed by atoms with van der Waals surface area (Å²) in [4.78, 5) is 5.38. The van der Waals surface area contributed by atoms with Gasteiger partial charge in [0.15, 0.2) is 0 Å². The summed E-state index contributed by atoms with van der Waals surface area (Å²) < 4.78 is 0. The number of H-pyrrole nitrogens is 1. The number of nitrogens with one attached hydrogen (secondary N) is 1. The van der Waals surface area contributed by atoms with E-state index in [1.807, 2.05) is 6.20 Å². The molecular weight excluding hydrogens is 304 g/mol. The van der Waals surface area contributed by atoms with Crippen molar-refractivity contribution >= 4 is 28.7 Å². The number of fused-ring (bicyclic) bond motifs is 1. The molecule has 0 spiro atoms. The molecule has 3 aromatic rings. The molecule has 0 aliphatic heterocycles. The maximum atomic E-state index is 3.26. The molecule has 0 saturated carbocycles. The Balaban J connectivity index is 1.42. The molecule has 0 bridgehead atoms. The zero-order chi connectivity index (χ0) is 17.5. The van der Waals surface area contributed by atoms with Gasteiger partial charge in [-0.25, -0.2) is 0 Å². The third-order valence-electron chi connectivity index (χ3n) is 4.35. The predicted molar refractivity (Wildman–Crippen MR) is 111 cm³/mol. The molecule has 0 atom stereocenters. The van der Waals surface area contributed by atoms with Crippen molar-refractivity contribution in [2.75, 3.05) is 19.0 Å². The lowest BCUT2D eigenvalue weighted by Gasteiger charge is -2.11. The Hall–Kier alpha value is -2.74. The second-order valence-corrected chi connectivity index (χ2v) is 6.55. The van der Waals surface area contributed by atoms with Gasteiger partial charge in [-0.1, -0.05) is 48.6 Å². The zero-order valence-electron chi connectivity index (χ0n) is 15.1. The van der Waals surface area contributed by atoms with Gasteiger partial charge in [-0.3, -0.25) is 0 Å². The largest absolute Gasteiger partial charge is 0.378 e. The summed E-state index contributed by atoms with van der Waals surface area (Å²) >= 11 is 0. The maximum absolute atomic E-state index is 3.26. The average molecular weight is 330 g/mol. The van der Waals surface area contributed by atoms with Gasteiger partial charge >= 0.3 is 0 Å². The summed E-state index contributed by atoms with van der Waals surface area (Å²) in [5.41, 5.74) is 4.96. The van der Waals surface area contributed by atoms with Crippen molar-refractivity contribution in [3.8, 4) is 0 Å². The van der Waals surface area contributed by atoms with Crippen molar-refractivity contribution in [2.45, 2.75) is 19.3 Å². The molecule has 0 radical (unpaired) electrons. The summed E-state index contributed by atoms with van der Waals surface area (Å²) in [5, 5.41) is 1.26. The molecule has 0 saturated heterocycles. The molecule has 2 heteroatoms. The van der Waals surface area contributed by atoms with E-state index in [4.69, 9.17) is 0 Å². The normalized spacial score (nSPS) is 11.8. The molecule has 128 valence electrons. The van der Waals surface area contributed by atoms with Crippen LogP contribution in [0.3, 0.4) is 0 Å². The predicted octanol–water partition coefficient (Wildman–Crippen LogP) is 6.13. The van der Waals surface area contributed by atoms with E-state index in [0.29, 0.717) is 0 Å². The molecule has 0 amide bonds. The molecule has 1 N–H and O–H groups in total. The Kier molecular flexibility index (Phi) is 5.73. The van der Waals surface area contributed by atoms with E-state index in [1.165, 1.54) is 34.1 Å². The molecule has 0 aliphatic rings. The molecule has 2 nitrogen and oxygen atoms in total. The van der Waals surface area contributed by atoms with E-state index >= 15 is 0 Å². The highest BCUT2D eigenvalue weighted by Crippen LogP contribution is 2.16. The zero-order valence-corrected chi connectivity index (χ0v) is 15.1. The first-order chi connectivity index (χ1) is 12.2. The number of aromatic amines is 1. The minimum absolute atomic E-state index is 1.10. The Morgan fingerprint density at radius 2 is 1.52 bits per heavy atom. The van der Waals surface area contributed by atoms with Crippen LogP contribution in [0.5, 0.6) is 0 Å². The van der Waals surface area contributed by atoms with Crippen LogP contribution in [0.25, 0.3) is 23.1 Å². The first kappa shape index (κ1) is 17.1. The van der Waals surface area contributed by atoms with E-state index < -0.39 is 0 Å². The van der Waals surface area contributed by atoms with Gasteiger partial charge in [-0.05, 0) is 60.0 Å². The van der Waals surface area contributed by atoms with Crippen molar-refractivity contribution in [3.63, 3.8) is 0 Å². The number of nitrogens with zero attached hydrogens (tertiary/aromatic N) is 1. The second kappa shape index (κ2) is 8.39. The molecule has 2 aromatic carbocycles. The van der Waals surface area contributed by atoms with Crippen LogP contribution >= 0.6 is 0 Å². The fourth-order valence-corrected chi connectivity index (χ4v) is 2.85. The van der Waals surface area contributed by atoms with Crippen molar-refractivity contribution in [2.24, 2.45) is 0 Å². The fraction of sp³-hybridized carbons (Fsp3) is 0.217. The lowest BCUT2D eigenvalue weighted by atomic mass is 10.1. The number of anilines is 1. The number of benzene rings is 2. The summed E-state index contributed by atoms with van der Waals surface area (Å²) in [6.07, 6.45) is 14.3. The molecule has 0 unspecified atom stereocenters. The molecular formula is C23H26N2. The highest BCUT2D eigenvalue weighted by atomic mass is 15.1. The monoisotopic (exact) mass is 330 g/mol. The van der Waals surface area contributed by atoms with Gasteiger partial charge in [-0.2, -0.15) is 0 Å². The van der Waals surface area contributed by atoms with Crippen molar-refractivity contribution < 1.29 is 0 Å². The molecule has 3 rings (SSSR count). The van der Waals surface area contributed by atoms with Gasteiger partial charge in [0, 0.05) is 31.5 Å². The number of hydrogen-bond donors (Lipinski definition) is 1. The van der Waals surface area contributed by atoms with E-state index in [2.05, 4.69) is 96.8 Å². The quantitative estimate of drug-likeness (QED) is 0.516. The Morgan fingerprint density at radius 3 is 2.24 bits per heavy atom. The topological polar surface area (TPSA) is 19.0 Å². The second-order valence-electron chi connectivity index (χ2n) is 6.55. The lowest BCUT2D eigenvalue weighted by Crippen LogP contribution is -2.07. The average Bonchev–Trinajstić information content (AvgIpc) is 3.09. The third kappa shape index (κ3) is 4.87. The molecule has 0 aliphatic carbocycles. The van der Waals surface area contributed by atoms with Gasteiger partial charge in [-0.15, -0.1) is 0 Å². The van der Waals surface area contributed by atoms with E-state index in [1.54, 1.807) is 0 Å². The minimum Gasteiger partial charge on any atom is -0.378 e. The van der Waals surface area contributed by atoms with Crippen LogP contribution < -0.4 is 4.90 Å². The number of unbranched alkanes of at least 4 members (excludes halogenated alkanes) is 2. The first-order valence-electron chi connectivity index (χ1n) is 8.90. The summed E-state index contributed by atoms with van der Waals surface area (Å²) in [6.45, 7) is 0. The number of hydrogen-bond acceptors (Lipinski definition) is 1. The van der Waals surface area contributed by atoms with Crippen LogP contribution in [0, 0.1) is 0 Å². The summed E-state index contributed by atoms with van der Waals surface area (Å²) in [7, 11) is 4.13. The molecule has 25 heavy (non-hydrogen) atoms. The molecule has 1 heterocycles. The van der Waals surface area contributed by atoms with Crippen LogP contribution in [0.4, 0.5) is 5.69 Å². The maximum Gasteiger partial charge on any atom is 0.0459 e. The Bertz CT molecular complexity index is 851. The van der Waals surface area contributed by atoms with Crippen molar-refractivity contribution in [3.05, 3.63) is 78.0 Å². The van der Waals surface area contributed by atoms with Crippen LogP contribution in [-0.4, -0.2) is 19.1 Å². The molecule has 0 fully saturated rings. The minimum atomic E-state index is 1.10. The number of rotatable bonds is 7. The first-order valence-corrected chi connectivity index (χ1v) is 8.90. The van der Waals surface area contributed by atoms with Crippen LogP contribution in [0.15, 0.2) is 66.9 Å². The Labute approximate surface area is 150 Å². The van der Waals surface area contributed by atoms with Gasteiger partial charge in [0.1, 0.15) is 0 Å². The van der Waals surface area contributed by atoms with Gasteiger partial charge in [0.2, 0.25) is 0 Å². The smallest absolute Gasteiger partial charge is 0.0459 e. The number of allylic oxidation sites excluding steroid dienone is 2. The summed E-state index contributed by atoms with van der Waals surface area (Å²) in [6, 6.07) is 17.3. The van der Waals surface area contributed by atoms with E-state index in [9.17, 15) is 0 Å². The van der Waals surface area contributed by atoms with Gasteiger partial charge < -0.3 is 9.88 Å². The highest BCUT2D eigenvalue weighted by Gasteiger charge is 1.94. The van der Waals surface area contributed by atoms with Crippen molar-refractivity contribution in [1.29, 1.82) is 0 Å². The van der Waals surface area contributed by atoms with E-state index in [0.717, 1.165) is 12.8 Å². The standard InChI is InChI=1S/C23H26N2/c1-25(2)22-14-11-19(12-15-22)8-6-4-3-5-7-9-20-10-13-21-16-17-24-23(21)18-20/h6-18,24H,3-5H2,1-2H3/b8-6+,9-7+. The number of aromatic nitrogens is 1.